The second-order valence-corrected chi connectivity index (χ2v) is 6.38. The van der Waals surface area contributed by atoms with E-state index in [0.717, 1.165) is 31.6 Å². The van der Waals surface area contributed by atoms with Crippen LogP contribution in [0.4, 0.5) is 13.2 Å². The molecule has 0 bridgehead atoms. The van der Waals surface area contributed by atoms with Gasteiger partial charge in [0.2, 0.25) is 0 Å². The molecule has 112 valence electrons. The van der Waals surface area contributed by atoms with Gasteiger partial charge in [-0.1, -0.05) is 35.0 Å². The topological polar surface area (TPSA) is 12.5 Å². The van der Waals surface area contributed by atoms with E-state index >= 15 is 0 Å². The number of nitrogens with zero attached hydrogens (tertiary/aromatic N) is 1. The fraction of sp³-hybridized carbons (Fsp3) is 0.571. The molecule has 0 spiro atoms. The third-order valence-corrected chi connectivity index (χ3v) is 4.71. The lowest BCUT2D eigenvalue weighted by Crippen LogP contribution is -2.39. The van der Waals surface area contributed by atoms with Crippen LogP contribution in [0.15, 0.2) is 24.3 Å². The van der Waals surface area contributed by atoms with Gasteiger partial charge < -0.3 is 4.74 Å². The van der Waals surface area contributed by atoms with Crippen LogP contribution in [-0.2, 0) is 6.54 Å². The molecule has 0 saturated carbocycles. The molecule has 2 unspecified atom stereocenters. The van der Waals surface area contributed by atoms with Crippen molar-refractivity contribution >= 4 is 15.9 Å². The predicted octanol–water partition coefficient (Wildman–Crippen LogP) is 4.19. The van der Waals surface area contributed by atoms with E-state index in [0.29, 0.717) is 10.7 Å². The van der Waals surface area contributed by atoms with Crippen LogP contribution in [0.2, 0.25) is 0 Å². The maximum absolute atomic E-state index is 12.1. The SMILES string of the molecule is CC1CCN(Cc2ccc(OC(F)(F)F)cc2)CC1Br. The second kappa shape index (κ2) is 6.35. The number of ether oxygens (including phenoxy) is 1. The molecular formula is C14H17BrF3NO. The van der Waals surface area contributed by atoms with Gasteiger partial charge in [-0.15, -0.1) is 13.2 Å². The van der Waals surface area contributed by atoms with Crippen LogP contribution in [0.25, 0.3) is 0 Å². The summed E-state index contributed by atoms with van der Waals surface area (Å²) in [7, 11) is 0. The van der Waals surface area contributed by atoms with Gasteiger partial charge in [-0.25, -0.2) is 0 Å². The second-order valence-electron chi connectivity index (χ2n) is 5.21. The lowest BCUT2D eigenvalue weighted by molar-refractivity contribution is -0.274. The van der Waals surface area contributed by atoms with Crippen molar-refractivity contribution in [1.82, 2.24) is 4.90 Å². The Morgan fingerprint density at radius 2 is 1.95 bits per heavy atom. The van der Waals surface area contributed by atoms with E-state index in [4.69, 9.17) is 0 Å². The molecule has 1 fully saturated rings. The maximum Gasteiger partial charge on any atom is 0.573 e. The largest absolute Gasteiger partial charge is 0.573 e. The molecule has 0 N–H and O–H groups in total. The van der Waals surface area contributed by atoms with Gasteiger partial charge in [0.05, 0.1) is 0 Å². The first-order valence-corrected chi connectivity index (χ1v) is 7.46. The zero-order valence-corrected chi connectivity index (χ0v) is 12.7. The molecule has 6 heteroatoms. The Kier molecular flexibility index (Phi) is 4.96. The van der Waals surface area contributed by atoms with Crippen molar-refractivity contribution in [3.05, 3.63) is 29.8 Å². The number of piperidine rings is 1. The van der Waals surface area contributed by atoms with E-state index in [1.807, 2.05) is 0 Å². The average molecular weight is 352 g/mol. The Balaban J connectivity index is 1.91. The highest BCUT2D eigenvalue weighted by atomic mass is 79.9. The van der Waals surface area contributed by atoms with E-state index in [1.54, 1.807) is 12.1 Å². The van der Waals surface area contributed by atoms with Gasteiger partial charge in [0, 0.05) is 17.9 Å². The van der Waals surface area contributed by atoms with Crippen LogP contribution >= 0.6 is 15.9 Å². The first-order chi connectivity index (χ1) is 9.33. The number of likely N-dealkylation sites (tertiary alicyclic amines) is 1. The molecule has 1 aliphatic heterocycles. The van der Waals surface area contributed by atoms with Gasteiger partial charge in [-0.2, -0.15) is 0 Å². The summed E-state index contributed by atoms with van der Waals surface area (Å²) in [5.74, 6) is 0.487. The van der Waals surface area contributed by atoms with E-state index in [-0.39, 0.29) is 5.75 Å². The summed E-state index contributed by atoms with van der Waals surface area (Å²) >= 11 is 3.67. The van der Waals surface area contributed by atoms with Crippen molar-refractivity contribution in [1.29, 1.82) is 0 Å². The number of hydrogen-bond donors (Lipinski definition) is 0. The molecule has 2 nitrogen and oxygen atoms in total. The predicted molar refractivity (Wildman–Crippen MR) is 74.9 cm³/mol. The van der Waals surface area contributed by atoms with Crippen LogP contribution < -0.4 is 4.74 Å². The van der Waals surface area contributed by atoms with E-state index in [1.165, 1.54) is 12.1 Å². The highest BCUT2D eigenvalue weighted by Crippen LogP contribution is 2.26. The number of rotatable bonds is 3. The number of benzene rings is 1. The average Bonchev–Trinajstić information content (AvgIpc) is 2.35. The van der Waals surface area contributed by atoms with Crippen molar-refractivity contribution < 1.29 is 17.9 Å². The van der Waals surface area contributed by atoms with Crippen LogP contribution in [0.3, 0.4) is 0 Å². The molecule has 20 heavy (non-hydrogen) atoms. The van der Waals surface area contributed by atoms with Crippen LogP contribution in [0, 0.1) is 5.92 Å². The van der Waals surface area contributed by atoms with Gasteiger partial charge in [0.25, 0.3) is 0 Å². The molecule has 0 aliphatic carbocycles. The third-order valence-electron chi connectivity index (χ3n) is 3.51. The lowest BCUT2D eigenvalue weighted by atomic mass is 9.98. The van der Waals surface area contributed by atoms with E-state index in [9.17, 15) is 13.2 Å². The van der Waals surface area contributed by atoms with E-state index < -0.39 is 6.36 Å². The van der Waals surface area contributed by atoms with Gasteiger partial charge >= 0.3 is 6.36 Å². The van der Waals surface area contributed by atoms with E-state index in [2.05, 4.69) is 32.5 Å². The summed E-state index contributed by atoms with van der Waals surface area (Å²) in [6.45, 7) is 4.95. The van der Waals surface area contributed by atoms with Crippen molar-refractivity contribution in [2.24, 2.45) is 5.92 Å². The van der Waals surface area contributed by atoms with Crippen LogP contribution in [0.5, 0.6) is 5.75 Å². The highest BCUT2D eigenvalue weighted by Gasteiger charge is 2.31. The van der Waals surface area contributed by atoms with Crippen LogP contribution in [-0.4, -0.2) is 29.2 Å². The third kappa shape index (κ3) is 4.66. The molecule has 0 radical (unpaired) electrons. The first kappa shape index (κ1) is 15.6. The molecule has 0 amide bonds. The molecule has 0 aromatic heterocycles. The monoisotopic (exact) mass is 351 g/mol. The Morgan fingerprint density at radius 3 is 2.50 bits per heavy atom. The summed E-state index contributed by atoms with van der Waals surface area (Å²) in [4.78, 5) is 2.78. The molecule has 2 rings (SSSR count). The molecule has 1 aromatic carbocycles. The summed E-state index contributed by atoms with van der Waals surface area (Å²) < 4.78 is 40.0. The summed E-state index contributed by atoms with van der Waals surface area (Å²) in [5.41, 5.74) is 0.994. The molecular weight excluding hydrogens is 335 g/mol. The van der Waals surface area contributed by atoms with Crippen LogP contribution in [0.1, 0.15) is 18.9 Å². The number of hydrogen-bond acceptors (Lipinski definition) is 2. The Morgan fingerprint density at radius 1 is 1.30 bits per heavy atom. The fourth-order valence-electron chi connectivity index (χ4n) is 2.28. The highest BCUT2D eigenvalue weighted by molar-refractivity contribution is 9.09. The minimum Gasteiger partial charge on any atom is -0.406 e. The fourth-order valence-corrected chi connectivity index (χ4v) is 2.96. The quantitative estimate of drug-likeness (QED) is 0.757. The minimum absolute atomic E-state index is 0.174. The first-order valence-electron chi connectivity index (χ1n) is 6.54. The normalized spacial score (nSPS) is 24.6. The molecule has 1 aliphatic rings. The number of halogens is 4. The Labute approximate surface area is 125 Å². The Bertz CT molecular complexity index is 435. The Hall–Kier alpha value is -0.750. The maximum atomic E-state index is 12.1. The molecule has 1 heterocycles. The molecule has 1 aromatic rings. The van der Waals surface area contributed by atoms with Crippen molar-refractivity contribution in [3.63, 3.8) is 0 Å². The standard InChI is InChI=1S/C14H17BrF3NO/c1-10-6-7-19(9-13(10)15)8-11-2-4-12(5-3-11)20-14(16,17)18/h2-5,10,13H,6-9H2,1H3. The summed E-state index contributed by atoms with van der Waals surface area (Å²) in [6, 6.07) is 6.09. The number of alkyl halides is 4. The van der Waals surface area contributed by atoms with Gasteiger partial charge in [0.15, 0.2) is 0 Å². The minimum atomic E-state index is -4.63. The van der Waals surface area contributed by atoms with Gasteiger partial charge in [-0.05, 0) is 36.6 Å². The molecule has 2 atom stereocenters. The smallest absolute Gasteiger partial charge is 0.406 e. The van der Waals surface area contributed by atoms with Gasteiger partial charge in [0.1, 0.15) is 5.75 Å². The zero-order chi connectivity index (χ0) is 14.8. The van der Waals surface area contributed by atoms with Crippen molar-refractivity contribution in [2.75, 3.05) is 13.1 Å². The summed E-state index contributed by atoms with van der Waals surface area (Å²) in [5, 5.41) is 0. The van der Waals surface area contributed by atoms with Crippen molar-refractivity contribution in [3.8, 4) is 5.75 Å². The zero-order valence-electron chi connectivity index (χ0n) is 11.2. The lowest BCUT2D eigenvalue weighted by Gasteiger charge is -2.34. The van der Waals surface area contributed by atoms with Gasteiger partial charge in [-0.3, -0.25) is 4.90 Å². The summed E-state index contributed by atoms with van der Waals surface area (Å²) in [6.07, 6.45) is -3.50. The van der Waals surface area contributed by atoms with Crippen molar-refractivity contribution in [2.45, 2.75) is 31.1 Å². The molecule has 1 saturated heterocycles.